The molecule has 2 aromatic rings. The van der Waals surface area contributed by atoms with Crippen molar-refractivity contribution in [2.45, 2.75) is 24.4 Å². The molecule has 0 unspecified atom stereocenters. The van der Waals surface area contributed by atoms with Crippen LogP contribution in [0.1, 0.15) is 12.2 Å². The van der Waals surface area contributed by atoms with E-state index in [2.05, 4.69) is 19.6 Å². The van der Waals surface area contributed by atoms with E-state index in [0.717, 1.165) is 10.7 Å². The quantitative estimate of drug-likeness (QED) is 0.478. The predicted octanol–water partition coefficient (Wildman–Crippen LogP) is 0.0114. The summed E-state index contributed by atoms with van der Waals surface area (Å²) in [5.74, 6) is 0.482. The largest absolute Gasteiger partial charge is 0.385 e. The molecule has 156 valence electrons. The third kappa shape index (κ3) is 5.97. The summed E-state index contributed by atoms with van der Waals surface area (Å²) >= 11 is 0. The topological polar surface area (TPSA) is 136 Å². The second-order valence-corrected chi connectivity index (χ2v) is 9.68. The molecule has 0 saturated heterocycles. The zero-order valence-corrected chi connectivity index (χ0v) is 17.5. The summed E-state index contributed by atoms with van der Waals surface area (Å²) in [4.78, 5) is 0.00532. The van der Waals surface area contributed by atoms with Crippen molar-refractivity contribution >= 4 is 25.9 Å². The molecule has 1 aromatic heterocycles. The van der Waals surface area contributed by atoms with Gasteiger partial charge in [-0.3, -0.25) is 4.72 Å². The highest BCUT2D eigenvalue weighted by Crippen LogP contribution is 2.16. The van der Waals surface area contributed by atoms with E-state index in [0.29, 0.717) is 19.0 Å². The lowest BCUT2D eigenvalue weighted by molar-refractivity contribution is 0.190. The van der Waals surface area contributed by atoms with Crippen molar-refractivity contribution in [1.29, 1.82) is 0 Å². The summed E-state index contributed by atoms with van der Waals surface area (Å²) in [6.07, 6.45) is 2.28. The smallest absolute Gasteiger partial charge is 0.301 e. The molecule has 11 nitrogen and oxygen atoms in total. The monoisotopic (exact) mass is 432 g/mol. The number of ether oxygens (including phenoxy) is 1. The number of nitrogens with zero attached hydrogens (tertiary/aromatic N) is 4. The van der Waals surface area contributed by atoms with E-state index in [-0.39, 0.29) is 17.1 Å². The maximum absolute atomic E-state index is 12.5. The average Bonchev–Trinajstić information content (AvgIpc) is 3.08. The molecule has 0 bridgehead atoms. The molecule has 0 radical (unpaired) electrons. The van der Waals surface area contributed by atoms with Gasteiger partial charge in [-0.1, -0.05) is 0 Å². The summed E-state index contributed by atoms with van der Waals surface area (Å²) in [6, 6.07) is 5.39. The van der Waals surface area contributed by atoms with Gasteiger partial charge in [0, 0.05) is 40.0 Å². The molecular formula is C15H24N6O5S2. The van der Waals surface area contributed by atoms with E-state index in [1.54, 1.807) is 11.7 Å². The van der Waals surface area contributed by atoms with Crippen molar-refractivity contribution in [2.75, 3.05) is 32.5 Å². The zero-order chi connectivity index (χ0) is 20.8. The van der Waals surface area contributed by atoms with Crippen LogP contribution in [0.4, 0.5) is 5.69 Å². The first kappa shape index (κ1) is 22.2. The normalized spacial score (nSPS) is 12.4. The second kappa shape index (κ2) is 9.43. The maximum atomic E-state index is 12.5. The van der Waals surface area contributed by atoms with Crippen molar-refractivity contribution < 1.29 is 21.6 Å². The Morgan fingerprint density at radius 2 is 1.82 bits per heavy atom. The Morgan fingerprint density at radius 1 is 1.14 bits per heavy atom. The molecule has 0 aliphatic carbocycles. The molecule has 0 atom stereocenters. The summed E-state index contributed by atoms with van der Waals surface area (Å²) in [5, 5.41) is 7.73. The first-order valence-electron chi connectivity index (χ1n) is 8.31. The number of aryl methyl sites for hydroxylation is 1. The highest BCUT2D eigenvalue weighted by molar-refractivity contribution is 7.90. The van der Waals surface area contributed by atoms with Crippen LogP contribution < -0.4 is 9.44 Å². The van der Waals surface area contributed by atoms with Gasteiger partial charge in [-0.25, -0.2) is 13.1 Å². The lowest BCUT2D eigenvalue weighted by Gasteiger charge is -2.13. The highest BCUT2D eigenvalue weighted by Gasteiger charge is 2.17. The van der Waals surface area contributed by atoms with Crippen LogP contribution in [0.15, 0.2) is 35.5 Å². The van der Waals surface area contributed by atoms with E-state index in [4.69, 9.17) is 4.74 Å². The Bertz CT molecular complexity index is 971. The molecule has 1 aromatic carbocycles. The van der Waals surface area contributed by atoms with Gasteiger partial charge >= 0.3 is 10.2 Å². The van der Waals surface area contributed by atoms with Gasteiger partial charge in [-0.05, 0) is 30.7 Å². The fourth-order valence-corrected chi connectivity index (χ4v) is 3.76. The third-order valence-corrected chi connectivity index (χ3v) is 6.63. The van der Waals surface area contributed by atoms with E-state index in [9.17, 15) is 16.8 Å². The molecule has 1 heterocycles. The number of sulfonamides is 1. The Morgan fingerprint density at radius 3 is 2.43 bits per heavy atom. The Kier molecular flexibility index (Phi) is 7.48. The third-order valence-electron chi connectivity index (χ3n) is 3.76. The Balaban J connectivity index is 2.03. The first-order valence-corrected chi connectivity index (χ1v) is 11.2. The molecule has 0 spiro atoms. The summed E-state index contributed by atoms with van der Waals surface area (Å²) in [6.45, 7) is 1.16. The molecule has 28 heavy (non-hydrogen) atoms. The van der Waals surface area contributed by atoms with Gasteiger partial charge < -0.3 is 9.30 Å². The number of aromatic nitrogens is 3. The zero-order valence-electron chi connectivity index (χ0n) is 15.9. The van der Waals surface area contributed by atoms with Gasteiger partial charge in [0.1, 0.15) is 12.2 Å². The highest BCUT2D eigenvalue weighted by atomic mass is 32.2. The number of anilines is 1. The first-order chi connectivity index (χ1) is 13.2. The number of hydrogen-bond acceptors (Lipinski definition) is 7. The fraction of sp³-hybridized carbons (Fsp3) is 0.467. The molecule has 0 aliphatic heterocycles. The van der Waals surface area contributed by atoms with Gasteiger partial charge in [-0.15, -0.1) is 10.2 Å². The van der Waals surface area contributed by atoms with Crippen LogP contribution in [0, 0.1) is 0 Å². The number of nitrogens with one attached hydrogen (secondary N) is 2. The van der Waals surface area contributed by atoms with E-state index in [1.165, 1.54) is 44.7 Å². The number of hydrogen-bond donors (Lipinski definition) is 2. The van der Waals surface area contributed by atoms with Crippen molar-refractivity contribution in [1.82, 2.24) is 23.8 Å². The van der Waals surface area contributed by atoms with Gasteiger partial charge in [0.05, 0.1) is 11.4 Å². The maximum Gasteiger partial charge on any atom is 0.301 e. The molecule has 2 rings (SSSR count). The standard InChI is InChI=1S/C15H24N6O5S2/c1-20(2)28(24,25)19-13-5-7-14(8-6-13)27(22,23)17-11-15-18-16-12-21(15)9-4-10-26-3/h5-8,12,17,19H,4,9-11H2,1-3H3. The summed E-state index contributed by atoms with van der Waals surface area (Å²) < 4.78 is 61.1. The average molecular weight is 433 g/mol. The molecule has 13 heteroatoms. The van der Waals surface area contributed by atoms with E-state index >= 15 is 0 Å². The van der Waals surface area contributed by atoms with Crippen molar-refractivity contribution in [2.24, 2.45) is 0 Å². The molecule has 2 N–H and O–H groups in total. The van der Waals surface area contributed by atoms with Crippen LogP contribution in [-0.4, -0.2) is 63.7 Å². The molecule has 0 fully saturated rings. The summed E-state index contributed by atoms with van der Waals surface area (Å²) in [5.41, 5.74) is 0.255. The van der Waals surface area contributed by atoms with Crippen LogP contribution in [-0.2, 0) is 38.1 Å². The van der Waals surface area contributed by atoms with Crippen LogP contribution in [0.3, 0.4) is 0 Å². The second-order valence-electron chi connectivity index (χ2n) is 6.03. The van der Waals surface area contributed by atoms with Gasteiger partial charge in [-0.2, -0.15) is 12.7 Å². The van der Waals surface area contributed by atoms with Gasteiger partial charge in [0.15, 0.2) is 0 Å². The van der Waals surface area contributed by atoms with E-state index < -0.39 is 20.2 Å². The minimum Gasteiger partial charge on any atom is -0.385 e. The van der Waals surface area contributed by atoms with Gasteiger partial charge in [0.2, 0.25) is 10.0 Å². The van der Waals surface area contributed by atoms with Crippen LogP contribution in [0.5, 0.6) is 0 Å². The molecular weight excluding hydrogens is 408 g/mol. The predicted molar refractivity (Wildman–Crippen MR) is 103 cm³/mol. The number of rotatable bonds is 11. The molecule has 0 aliphatic rings. The summed E-state index contributed by atoms with van der Waals surface area (Å²) in [7, 11) is -3.08. The van der Waals surface area contributed by atoms with Crippen LogP contribution in [0.25, 0.3) is 0 Å². The Hall–Kier alpha value is -2.06. The van der Waals surface area contributed by atoms with Crippen molar-refractivity contribution in [3.05, 3.63) is 36.4 Å². The lowest BCUT2D eigenvalue weighted by Crippen LogP contribution is -2.29. The number of methoxy groups -OCH3 is 1. The molecule has 0 amide bonds. The number of benzene rings is 1. The Labute approximate surface area is 165 Å². The lowest BCUT2D eigenvalue weighted by atomic mass is 10.3. The van der Waals surface area contributed by atoms with Gasteiger partial charge in [0.25, 0.3) is 0 Å². The van der Waals surface area contributed by atoms with Crippen LogP contribution >= 0.6 is 0 Å². The minimum absolute atomic E-state index is 0.00532. The van der Waals surface area contributed by atoms with Crippen molar-refractivity contribution in [3.63, 3.8) is 0 Å². The minimum atomic E-state index is -3.80. The van der Waals surface area contributed by atoms with E-state index in [1.807, 2.05) is 0 Å². The molecule has 0 saturated carbocycles. The van der Waals surface area contributed by atoms with Crippen LogP contribution in [0.2, 0.25) is 0 Å². The van der Waals surface area contributed by atoms with Crippen molar-refractivity contribution in [3.8, 4) is 0 Å². The fourth-order valence-electron chi connectivity index (χ4n) is 2.17. The SMILES string of the molecule is COCCCn1cnnc1CNS(=O)(=O)c1ccc(NS(=O)(=O)N(C)C)cc1.